The molecule has 0 saturated carbocycles. The molecule has 0 amide bonds. The van der Waals surface area contributed by atoms with Crippen LogP contribution in [0.3, 0.4) is 0 Å². The molecule has 5 rings (SSSR count). The molecular weight excluding hydrogens is 378 g/mol. The highest BCUT2D eigenvalue weighted by molar-refractivity contribution is 6.33. The summed E-state index contributed by atoms with van der Waals surface area (Å²) in [5.74, 6) is 1.86. The van der Waals surface area contributed by atoms with Gasteiger partial charge in [-0.15, -0.1) is 4.52 Å². The third-order valence-corrected chi connectivity index (χ3v) is 4.93. The van der Waals surface area contributed by atoms with Crippen LogP contribution in [-0.4, -0.2) is 19.6 Å². The third-order valence-electron chi connectivity index (χ3n) is 4.60. The molecule has 8 heteroatoms. The first-order valence-electron chi connectivity index (χ1n) is 8.70. The molecule has 5 aromatic rings. The fourth-order valence-corrected chi connectivity index (χ4v) is 3.60. The number of hydrogen-bond donors (Lipinski definition) is 1. The maximum Gasteiger partial charge on any atom is 0.458 e. The van der Waals surface area contributed by atoms with Gasteiger partial charge in [-0.2, -0.15) is 0 Å². The molecule has 0 aliphatic heterocycles. The molecular formula is C20H15ClN5O2+. The number of hydrogen-bond acceptors (Lipinski definition) is 4. The van der Waals surface area contributed by atoms with E-state index in [1.54, 1.807) is 33.7 Å². The summed E-state index contributed by atoms with van der Waals surface area (Å²) >= 11 is 6.48. The molecule has 0 saturated heterocycles. The Kier molecular flexibility index (Phi) is 3.77. The van der Waals surface area contributed by atoms with Crippen molar-refractivity contribution in [2.75, 3.05) is 0 Å². The molecule has 1 N–H and O–H groups in total. The number of nitrogens with one attached hydrogen (secondary N) is 1. The Hall–Kier alpha value is -3.45. The van der Waals surface area contributed by atoms with Crippen molar-refractivity contribution in [2.24, 2.45) is 0 Å². The summed E-state index contributed by atoms with van der Waals surface area (Å²) in [6.07, 6.45) is 3.30. The van der Waals surface area contributed by atoms with Gasteiger partial charge >= 0.3 is 5.78 Å². The van der Waals surface area contributed by atoms with E-state index in [-0.39, 0.29) is 5.56 Å². The minimum Gasteiger partial charge on any atom is -0.467 e. The number of nitrogens with zero attached hydrogens (tertiary/aromatic N) is 4. The lowest BCUT2D eigenvalue weighted by atomic mass is 10.1. The van der Waals surface area contributed by atoms with Crippen molar-refractivity contribution in [1.29, 1.82) is 0 Å². The first-order chi connectivity index (χ1) is 13.6. The third kappa shape index (κ3) is 2.59. The highest BCUT2D eigenvalue weighted by atomic mass is 35.5. The Morgan fingerprint density at radius 1 is 1.18 bits per heavy atom. The van der Waals surface area contributed by atoms with Gasteiger partial charge in [0.05, 0.1) is 17.8 Å². The molecule has 7 nitrogen and oxygen atoms in total. The number of fused-ring (bicyclic) bond motifs is 2. The summed E-state index contributed by atoms with van der Waals surface area (Å²) in [6, 6.07) is 12.8. The van der Waals surface area contributed by atoms with Crippen LogP contribution in [0.1, 0.15) is 11.6 Å². The van der Waals surface area contributed by atoms with Crippen molar-refractivity contribution in [3.63, 3.8) is 0 Å². The molecule has 0 aliphatic rings. The molecule has 0 fully saturated rings. The molecule has 0 spiro atoms. The van der Waals surface area contributed by atoms with Gasteiger partial charge in [-0.25, -0.2) is 5.10 Å². The van der Waals surface area contributed by atoms with Gasteiger partial charge in [-0.05, 0) is 30.3 Å². The van der Waals surface area contributed by atoms with Gasteiger partial charge in [0.15, 0.2) is 11.2 Å². The van der Waals surface area contributed by atoms with E-state index in [0.717, 1.165) is 5.56 Å². The van der Waals surface area contributed by atoms with Crippen molar-refractivity contribution < 1.29 is 8.93 Å². The summed E-state index contributed by atoms with van der Waals surface area (Å²) in [5.41, 5.74) is 1.73. The van der Waals surface area contributed by atoms with E-state index in [9.17, 15) is 4.79 Å². The Bertz CT molecular complexity index is 1390. The summed E-state index contributed by atoms with van der Waals surface area (Å²) in [5, 5.41) is 4.16. The van der Waals surface area contributed by atoms with Crippen LogP contribution in [0.25, 0.3) is 27.9 Å². The number of benzene rings is 1. The highest BCUT2D eigenvalue weighted by Crippen LogP contribution is 2.28. The van der Waals surface area contributed by atoms with Crippen molar-refractivity contribution in [1.82, 2.24) is 19.6 Å². The molecule has 0 radical (unpaired) electrons. The molecule has 1 aromatic carbocycles. The van der Waals surface area contributed by atoms with Gasteiger partial charge in [0.1, 0.15) is 11.1 Å². The number of pyridine rings is 1. The number of furan rings is 1. The topological polar surface area (TPSA) is 80.8 Å². The molecule has 4 aromatic heterocycles. The highest BCUT2D eigenvalue weighted by Gasteiger charge is 2.25. The van der Waals surface area contributed by atoms with Crippen LogP contribution in [0.15, 0.2) is 64.1 Å². The second-order valence-corrected chi connectivity index (χ2v) is 6.88. The van der Waals surface area contributed by atoms with Crippen LogP contribution in [0.2, 0.25) is 5.02 Å². The number of halogens is 1. The average molecular weight is 393 g/mol. The van der Waals surface area contributed by atoms with E-state index < -0.39 is 0 Å². The van der Waals surface area contributed by atoms with E-state index in [2.05, 4.69) is 15.1 Å². The predicted molar refractivity (Wildman–Crippen MR) is 104 cm³/mol. The number of H-pyrrole nitrogens is 1. The minimum atomic E-state index is -0.182. The average Bonchev–Trinajstić information content (AvgIpc) is 3.31. The maximum atomic E-state index is 13.4. The molecule has 28 heavy (non-hydrogen) atoms. The Morgan fingerprint density at radius 2 is 2.04 bits per heavy atom. The summed E-state index contributed by atoms with van der Waals surface area (Å²) in [7, 11) is 0. The van der Waals surface area contributed by atoms with E-state index in [0.29, 0.717) is 45.5 Å². The van der Waals surface area contributed by atoms with E-state index >= 15 is 0 Å². The first-order valence-corrected chi connectivity index (χ1v) is 9.08. The molecule has 0 unspecified atom stereocenters. The normalized spacial score (nSPS) is 11.5. The second kappa shape index (κ2) is 6.31. The zero-order valence-corrected chi connectivity index (χ0v) is 15.6. The quantitative estimate of drug-likeness (QED) is 0.478. The van der Waals surface area contributed by atoms with Crippen LogP contribution >= 0.6 is 11.6 Å². The van der Waals surface area contributed by atoms with Gasteiger partial charge in [-0.1, -0.05) is 33.7 Å². The lowest BCUT2D eigenvalue weighted by molar-refractivity contribution is -0.567. The summed E-state index contributed by atoms with van der Waals surface area (Å²) in [6.45, 7) is 2.17. The van der Waals surface area contributed by atoms with Crippen molar-refractivity contribution in [2.45, 2.75) is 13.5 Å². The van der Waals surface area contributed by atoms with Gasteiger partial charge in [0.25, 0.3) is 5.56 Å². The van der Waals surface area contributed by atoms with Crippen LogP contribution in [0.4, 0.5) is 0 Å². The van der Waals surface area contributed by atoms with Crippen LogP contribution in [0.5, 0.6) is 0 Å². The standard InChI is InChI=1S/C20H14ClN5O2/c1-12-22-20-23-16-8-9-25(11-13-5-4-10-28-13)19(27)17(16)18(26(20)24-12)14-6-2-3-7-15(14)21/h2-10H,11H2,1H3/p+1. The smallest absolute Gasteiger partial charge is 0.458 e. The Balaban J connectivity index is 1.89. The fraction of sp³-hybridized carbons (Fsp3) is 0.100. The van der Waals surface area contributed by atoms with Gasteiger partial charge in [-0.3, -0.25) is 4.79 Å². The molecule has 0 bridgehead atoms. The summed E-state index contributed by atoms with van der Waals surface area (Å²) < 4.78 is 8.70. The second-order valence-electron chi connectivity index (χ2n) is 6.47. The van der Waals surface area contributed by atoms with Gasteiger partial charge in [0, 0.05) is 18.7 Å². The molecule has 0 atom stereocenters. The van der Waals surface area contributed by atoms with Gasteiger partial charge in [0.2, 0.25) is 5.82 Å². The van der Waals surface area contributed by atoms with Gasteiger partial charge < -0.3 is 8.98 Å². The lowest BCUT2D eigenvalue weighted by Gasteiger charge is -2.08. The number of aryl methyl sites for hydroxylation is 1. The van der Waals surface area contributed by atoms with E-state index in [4.69, 9.17) is 16.0 Å². The Labute approximate surface area is 163 Å². The van der Waals surface area contributed by atoms with Crippen LogP contribution < -0.4 is 10.1 Å². The van der Waals surface area contributed by atoms with Crippen molar-refractivity contribution in [3.8, 4) is 11.3 Å². The zero-order valence-electron chi connectivity index (χ0n) is 14.9. The van der Waals surface area contributed by atoms with E-state index in [1.807, 2.05) is 37.3 Å². The van der Waals surface area contributed by atoms with Crippen LogP contribution in [-0.2, 0) is 6.54 Å². The first kappa shape index (κ1) is 16.7. The van der Waals surface area contributed by atoms with E-state index in [1.165, 1.54) is 0 Å². The molecule has 4 heterocycles. The zero-order chi connectivity index (χ0) is 19.3. The van der Waals surface area contributed by atoms with Crippen molar-refractivity contribution in [3.05, 3.63) is 81.9 Å². The minimum absolute atomic E-state index is 0.182. The number of aromatic amines is 1. The van der Waals surface area contributed by atoms with Crippen LogP contribution in [0, 0.1) is 6.92 Å². The van der Waals surface area contributed by atoms with Crippen molar-refractivity contribution >= 4 is 28.3 Å². The largest absolute Gasteiger partial charge is 0.467 e. The molecule has 0 aliphatic carbocycles. The number of rotatable bonds is 3. The maximum absolute atomic E-state index is 13.4. The lowest BCUT2D eigenvalue weighted by Crippen LogP contribution is -2.32. The SMILES string of the molecule is Cc1nc2nc3ccn(Cc4ccco4)c(=O)c3c(-c3ccccc3Cl)[n+]2[nH]1. The molecule has 138 valence electrons. The Morgan fingerprint density at radius 3 is 2.82 bits per heavy atom. The number of aromatic nitrogens is 5. The monoisotopic (exact) mass is 392 g/mol. The summed E-state index contributed by atoms with van der Waals surface area (Å²) in [4.78, 5) is 22.4. The predicted octanol–water partition coefficient (Wildman–Crippen LogP) is 3.13. The fourth-order valence-electron chi connectivity index (χ4n) is 3.37.